The van der Waals surface area contributed by atoms with Crippen LogP contribution in [0.4, 0.5) is 23.4 Å². The predicted molar refractivity (Wildman–Crippen MR) is 110 cm³/mol. The summed E-state index contributed by atoms with van der Waals surface area (Å²) in [5.74, 6) is -3.78. The van der Waals surface area contributed by atoms with Crippen molar-refractivity contribution < 1.29 is 32.0 Å². The van der Waals surface area contributed by atoms with Gasteiger partial charge in [0, 0.05) is 18.1 Å². The number of anilines is 1. The monoisotopic (exact) mass is 476 g/mol. The Balaban J connectivity index is 1.71. The van der Waals surface area contributed by atoms with Crippen molar-refractivity contribution in [2.75, 3.05) is 5.32 Å². The first-order valence-electron chi connectivity index (χ1n) is 9.84. The van der Waals surface area contributed by atoms with Gasteiger partial charge in [0.1, 0.15) is 29.5 Å². The van der Waals surface area contributed by atoms with Crippen molar-refractivity contribution in [1.82, 2.24) is 24.9 Å². The van der Waals surface area contributed by atoms with E-state index < -0.39 is 42.3 Å². The Hall–Kier alpha value is -4.29. The van der Waals surface area contributed by atoms with Crippen LogP contribution in [-0.4, -0.2) is 48.4 Å². The molecule has 9 nitrogen and oxygen atoms in total. The smallest absolute Gasteiger partial charge is 0.326 e. The molecular formula is C21H16F4N6O3. The number of aromatic nitrogens is 5. The molecule has 0 saturated carbocycles. The van der Waals surface area contributed by atoms with Gasteiger partial charge < -0.3 is 14.9 Å². The van der Waals surface area contributed by atoms with Gasteiger partial charge in [0.15, 0.2) is 17.5 Å². The molecule has 1 atom stereocenters. The molecule has 0 amide bonds. The zero-order valence-corrected chi connectivity index (χ0v) is 17.2. The first kappa shape index (κ1) is 22.9. The van der Waals surface area contributed by atoms with E-state index in [2.05, 4.69) is 25.5 Å². The maximum atomic E-state index is 14.2. The second-order valence-corrected chi connectivity index (χ2v) is 7.10. The van der Waals surface area contributed by atoms with Crippen molar-refractivity contribution in [1.29, 1.82) is 0 Å². The fraction of sp³-hybridized carbons (Fsp3) is 0.190. The summed E-state index contributed by atoms with van der Waals surface area (Å²) in [6.07, 6.45) is -1.89. The number of alkyl halides is 2. The maximum absolute atomic E-state index is 14.2. The molecule has 1 aromatic carbocycles. The van der Waals surface area contributed by atoms with E-state index in [1.165, 1.54) is 23.1 Å². The summed E-state index contributed by atoms with van der Waals surface area (Å²) in [5.41, 5.74) is 1.24. The number of rotatable bonds is 9. The third-order valence-electron chi connectivity index (χ3n) is 4.75. The minimum Gasteiger partial charge on any atom is -0.480 e. The van der Waals surface area contributed by atoms with E-state index in [9.17, 15) is 22.4 Å². The maximum Gasteiger partial charge on any atom is 0.326 e. The van der Waals surface area contributed by atoms with Gasteiger partial charge in [0.05, 0.1) is 18.4 Å². The standard InChI is InChI=1S/C21H16F4N6O3/c22-12-4-2-1-3-11(12)10-31-17(14-5-6-34-30-14)7-15(29-31)20-26-9-13(23)19(28-20)27-16(21(32)33)8-18(24)25/h1-7,9,16,18H,8,10H2,(H,32,33)(H,26,27,28). The fourth-order valence-corrected chi connectivity index (χ4v) is 3.14. The number of carboxylic acids is 1. The van der Waals surface area contributed by atoms with Gasteiger partial charge in [-0.1, -0.05) is 23.4 Å². The van der Waals surface area contributed by atoms with E-state index >= 15 is 0 Å². The summed E-state index contributed by atoms with van der Waals surface area (Å²) < 4.78 is 60.1. The zero-order chi connectivity index (χ0) is 24.2. The lowest BCUT2D eigenvalue weighted by atomic mass is 10.2. The van der Waals surface area contributed by atoms with Gasteiger partial charge in [0.2, 0.25) is 6.43 Å². The normalized spacial score (nSPS) is 12.1. The first-order chi connectivity index (χ1) is 16.3. The molecule has 0 bridgehead atoms. The molecule has 3 heterocycles. The van der Waals surface area contributed by atoms with E-state index in [0.29, 0.717) is 17.0 Å². The van der Waals surface area contributed by atoms with Crippen molar-refractivity contribution in [2.45, 2.75) is 25.4 Å². The molecule has 0 aliphatic rings. The molecule has 2 N–H and O–H groups in total. The molecule has 4 aromatic rings. The molecule has 0 spiro atoms. The van der Waals surface area contributed by atoms with E-state index in [1.54, 1.807) is 24.3 Å². The van der Waals surface area contributed by atoms with Gasteiger partial charge in [-0.2, -0.15) is 5.10 Å². The molecule has 0 saturated heterocycles. The summed E-state index contributed by atoms with van der Waals surface area (Å²) in [6.45, 7) is 0.0106. The van der Waals surface area contributed by atoms with Crippen LogP contribution in [0.1, 0.15) is 12.0 Å². The zero-order valence-electron chi connectivity index (χ0n) is 17.2. The molecule has 0 aliphatic carbocycles. The Labute approximate surface area is 189 Å². The number of aliphatic carboxylic acids is 1. The van der Waals surface area contributed by atoms with Crippen LogP contribution in [0.15, 0.2) is 53.4 Å². The molecule has 0 radical (unpaired) electrons. The molecule has 176 valence electrons. The highest BCUT2D eigenvalue weighted by Crippen LogP contribution is 2.26. The van der Waals surface area contributed by atoms with E-state index in [0.717, 1.165) is 6.20 Å². The highest BCUT2D eigenvalue weighted by Gasteiger charge is 2.25. The van der Waals surface area contributed by atoms with Crippen molar-refractivity contribution in [3.8, 4) is 22.9 Å². The average molecular weight is 476 g/mol. The minimum atomic E-state index is -2.93. The van der Waals surface area contributed by atoms with E-state index in [-0.39, 0.29) is 18.1 Å². The largest absolute Gasteiger partial charge is 0.480 e. The number of carbonyl (C=O) groups is 1. The van der Waals surface area contributed by atoms with Crippen LogP contribution in [-0.2, 0) is 11.3 Å². The molecule has 4 rings (SSSR count). The van der Waals surface area contributed by atoms with Gasteiger partial charge in [-0.3, -0.25) is 4.68 Å². The summed E-state index contributed by atoms with van der Waals surface area (Å²) in [5, 5.41) is 19.5. The second kappa shape index (κ2) is 9.68. The van der Waals surface area contributed by atoms with Crippen LogP contribution >= 0.6 is 0 Å². The molecule has 13 heteroatoms. The Morgan fingerprint density at radius 2 is 1.94 bits per heavy atom. The highest BCUT2D eigenvalue weighted by atomic mass is 19.3. The Morgan fingerprint density at radius 3 is 2.62 bits per heavy atom. The Morgan fingerprint density at radius 1 is 1.15 bits per heavy atom. The van der Waals surface area contributed by atoms with Crippen LogP contribution in [0.25, 0.3) is 22.9 Å². The van der Waals surface area contributed by atoms with Gasteiger partial charge in [-0.25, -0.2) is 32.3 Å². The van der Waals surface area contributed by atoms with Gasteiger partial charge in [0.25, 0.3) is 0 Å². The third kappa shape index (κ3) is 5.03. The highest BCUT2D eigenvalue weighted by molar-refractivity contribution is 5.77. The van der Waals surface area contributed by atoms with Crippen LogP contribution < -0.4 is 5.32 Å². The molecule has 34 heavy (non-hydrogen) atoms. The van der Waals surface area contributed by atoms with Crippen LogP contribution in [0.2, 0.25) is 0 Å². The van der Waals surface area contributed by atoms with Crippen LogP contribution in [0.5, 0.6) is 0 Å². The van der Waals surface area contributed by atoms with Gasteiger partial charge >= 0.3 is 5.97 Å². The number of carboxylic acid groups (broad SMARTS) is 1. The van der Waals surface area contributed by atoms with Crippen molar-refractivity contribution in [3.63, 3.8) is 0 Å². The summed E-state index contributed by atoms with van der Waals surface area (Å²) in [4.78, 5) is 19.1. The molecular weight excluding hydrogens is 460 g/mol. The van der Waals surface area contributed by atoms with Crippen LogP contribution in [0.3, 0.4) is 0 Å². The fourth-order valence-electron chi connectivity index (χ4n) is 3.14. The molecule has 0 aliphatic heterocycles. The Bertz CT molecular complexity index is 1300. The number of nitrogens with one attached hydrogen (secondary N) is 1. The summed E-state index contributed by atoms with van der Waals surface area (Å²) in [7, 11) is 0. The SMILES string of the molecule is O=C(O)C(CC(F)F)Nc1nc(-c2cc(-c3ccon3)n(Cc3ccccc3F)n2)ncc1F. The average Bonchev–Trinajstić information content (AvgIpc) is 3.46. The number of hydrogen-bond acceptors (Lipinski definition) is 7. The number of halogens is 4. The summed E-state index contributed by atoms with van der Waals surface area (Å²) >= 11 is 0. The minimum absolute atomic E-state index is 0.0106. The lowest BCUT2D eigenvalue weighted by molar-refractivity contribution is -0.138. The van der Waals surface area contributed by atoms with Crippen molar-refractivity contribution in [2.24, 2.45) is 0 Å². The topological polar surface area (TPSA) is 119 Å². The molecule has 3 aromatic heterocycles. The lowest BCUT2D eigenvalue weighted by Crippen LogP contribution is -2.32. The quantitative estimate of drug-likeness (QED) is 0.350. The van der Waals surface area contributed by atoms with Gasteiger partial charge in [-0.05, 0) is 12.1 Å². The first-order valence-corrected chi connectivity index (χ1v) is 9.84. The lowest BCUT2D eigenvalue weighted by Gasteiger charge is -2.15. The van der Waals surface area contributed by atoms with E-state index in [4.69, 9.17) is 9.63 Å². The Kier molecular flexibility index (Phi) is 6.52. The summed E-state index contributed by atoms with van der Waals surface area (Å²) in [6, 6.07) is 7.37. The number of hydrogen-bond donors (Lipinski definition) is 2. The van der Waals surface area contributed by atoms with Crippen LogP contribution in [0, 0.1) is 11.6 Å². The third-order valence-corrected chi connectivity index (χ3v) is 4.75. The molecule has 1 unspecified atom stereocenters. The molecule has 0 fully saturated rings. The van der Waals surface area contributed by atoms with Crippen molar-refractivity contribution >= 4 is 11.8 Å². The van der Waals surface area contributed by atoms with Crippen molar-refractivity contribution in [3.05, 3.63) is 66.1 Å². The second-order valence-electron chi connectivity index (χ2n) is 7.10. The van der Waals surface area contributed by atoms with Gasteiger partial charge in [-0.15, -0.1) is 0 Å². The van der Waals surface area contributed by atoms with E-state index in [1.807, 2.05) is 0 Å². The number of nitrogens with zero attached hydrogens (tertiary/aromatic N) is 5. The predicted octanol–water partition coefficient (Wildman–Crippen LogP) is 3.84. The number of benzene rings is 1.